The molecule has 0 heterocycles. The Labute approximate surface area is 280 Å². The van der Waals surface area contributed by atoms with E-state index in [9.17, 15) is 9.59 Å². The molecule has 0 aromatic carbocycles. The number of nitrogens with one attached hydrogen (secondary N) is 2. The van der Waals surface area contributed by atoms with E-state index in [1.54, 1.807) is 0 Å². The molecule has 1 atom stereocenters. The van der Waals surface area contributed by atoms with E-state index in [-0.39, 0.29) is 11.8 Å². The van der Waals surface area contributed by atoms with E-state index < -0.39 is 6.04 Å². The second-order valence-electron chi connectivity index (χ2n) is 12.9. The molecule has 0 saturated heterocycles. The summed E-state index contributed by atoms with van der Waals surface area (Å²) in [6, 6.07) is -0.519. The molecule has 0 spiro atoms. The zero-order valence-electron chi connectivity index (χ0n) is 29.9. The highest BCUT2D eigenvalue weighted by Gasteiger charge is 2.19. The quantitative estimate of drug-likeness (QED) is 0.0489. The van der Waals surface area contributed by atoms with Crippen molar-refractivity contribution in [2.24, 2.45) is 5.73 Å². The van der Waals surface area contributed by atoms with E-state index >= 15 is 0 Å². The monoisotopic (exact) mass is 630 g/mol. The average Bonchev–Trinajstić information content (AvgIpc) is 3.04. The van der Waals surface area contributed by atoms with Crippen molar-refractivity contribution < 1.29 is 9.59 Å². The largest absolute Gasteiger partial charge is 0.354 e. The Morgan fingerprint density at radius 3 is 1.51 bits per heavy atom. The van der Waals surface area contributed by atoms with Crippen molar-refractivity contribution in [3.05, 3.63) is 36.5 Å². The van der Waals surface area contributed by atoms with Crippen LogP contribution in [0.5, 0.6) is 0 Å². The van der Waals surface area contributed by atoms with Crippen molar-refractivity contribution in [3.63, 3.8) is 0 Å². The summed E-state index contributed by atoms with van der Waals surface area (Å²) in [6.07, 6.45) is 45.5. The van der Waals surface area contributed by atoms with Gasteiger partial charge in [0.25, 0.3) is 0 Å². The molecular weight excluding hydrogens is 554 g/mol. The number of amides is 2. The molecule has 2 amide bonds. The van der Waals surface area contributed by atoms with E-state index in [0.29, 0.717) is 25.9 Å². The lowest BCUT2D eigenvalue weighted by molar-refractivity contribution is -0.129. The molecule has 0 fully saturated rings. The smallest absolute Gasteiger partial charge is 0.242 e. The SMILES string of the molecule is CCCCCC=CCC=CCCCCCCCC(=O)NC(CCN)C(=O)NCCCCCCCCC=CCCCCCCCC. The summed E-state index contributed by atoms with van der Waals surface area (Å²) in [5, 5.41) is 5.94. The molecule has 0 aromatic rings. The summed E-state index contributed by atoms with van der Waals surface area (Å²) in [6.45, 7) is 5.57. The minimum Gasteiger partial charge on any atom is -0.354 e. The molecule has 0 aliphatic carbocycles. The number of nitrogens with two attached hydrogens (primary N) is 1. The summed E-state index contributed by atoms with van der Waals surface area (Å²) < 4.78 is 0. The van der Waals surface area contributed by atoms with Crippen molar-refractivity contribution in [1.82, 2.24) is 10.6 Å². The molecule has 0 rings (SSSR count). The van der Waals surface area contributed by atoms with E-state index in [4.69, 9.17) is 5.73 Å². The molecule has 0 radical (unpaired) electrons. The van der Waals surface area contributed by atoms with Crippen LogP contribution in [-0.2, 0) is 9.59 Å². The minimum atomic E-state index is -0.519. The Morgan fingerprint density at radius 1 is 0.556 bits per heavy atom. The number of allylic oxidation sites excluding steroid dienone is 6. The van der Waals surface area contributed by atoms with Crippen LogP contribution < -0.4 is 16.4 Å². The first kappa shape index (κ1) is 43.1. The third kappa shape index (κ3) is 33.3. The number of rotatable bonds is 34. The van der Waals surface area contributed by atoms with E-state index in [1.807, 2.05) is 0 Å². The van der Waals surface area contributed by atoms with Gasteiger partial charge in [0.2, 0.25) is 11.8 Å². The molecule has 5 heteroatoms. The van der Waals surface area contributed by atoms with Crippen molar-refractivity contribution in [2.45, 2.75) is 193 Å². The summed E-state index contributed by atoms with van der Waals surface area (Å²) in [5.74, 6) is -0.131. The fraction of sp³-hybridized carbons (Fsp3) is 0.800. The molecule has 5 nitrogen and oxygen atoms in total. The molecule has 4 N–H and O–H groups in total. The normalized spacial score (nSPS) is 12.5. The second-order valence-corrected chi connectivity index (χ2v) is 12.9. The van der Waals surface area contributed by atoms with Gasteiger partial charge >= 0.3 is 0 Å². The molecule has 262 valence electrons. The van der Waals surface area contributed by atoms with Crippen LogP contribution in [0, 0.1) is 0 Å². The number of unbranched alkanes of at least 4 members (excludes halogenated alkanes) is 20. The Hall–Kier alpha value is -1.88. The molecular formula is C40H75N3O2. The topological polar surface area (TPSA) is 84.2 Å². The molecule has 0 aromatic heterocycles. The highest BCUT2D eigenvalue weighted by Crippen LogP contribution is 2.11. The Morgan fingerprint density at radius 2 is 0.978 bits per heavy atom. The van der Waals surface area contributed by atoms with E-state index in [0.717, 1.165) is 44.9 Å². The van der Waals surface area contributed by atoms with Gasteiger partial charge < -0.3 is 16.4 Å². The average molecular weight is 630 g/mol. The number of hydrogen-bond acceptors (Lipinski definition) is 3. The van der Waals surface area contributed by atoms with Crippen LogP contribution in [0.25, 0.3) is 0 Å². The Bertz CT molecular complexity index is 731. The van der Waals surface area contributed by atoms with E-state index in [2.05, 4.69) is 60.9 Å². The minimum absolute atomic E-state index is 0.0356. The fourth-order valence-corrected chi connectivity index (χ4v) is 5.51. The third-order valence-electron chi connectivity index (χ3n) is 8.45. The first-order valence-corrected chi connectivity index (χ1v) is 19.4. The van der Waals surface area contributed by atoms with Crippen molar-refractivity contribution >= 4 is 11.8 Å². The summed E-state index contributed by atoms with van der Waals surface area (Å²) in [4.78, 5) is 25.1. The molecule has 45 heavy (non-hydrogen) atoms. The van der Waals surface area contributed by atoms with Gasteiger partial charge in [0.15, 0.2) is 0 Å². The number of hydrogen-bond donors (Lipinski definition) is 3. The lowest BCUT2D eigenvalue weighted by Crippen LogP contribution is -2.47. The van der Waals surface area contributed by atoms with Crippen LogP contribution in [0.2, 0.25) is 0 Å². The van der Waals surface area contributed by atoms with Gasteiger partial charge in [0.05, 0.1) is 0 Å². The standard InChI is InChI=1S/C40H75N3O2/c1-3-5-7-9-11-13-15-17-19-21-23-25-27-29-31-33-37-42-40(45)38(35-36-41)43-39(44)34-32-30-28-26-24-22-20-18-16-14-12-10-8-6-4-2/h12,14,17-20,38H,3-11,13,15-16,21-37,41H2,1-2H3,(H,42,45)(H,43,44). The summed E-state index contributed by atoms with van der Waals surface area (Å²) in [7, 11) is 0. The van der Waals surface area contributed by atoms with Crippen LogP contribution in [0.15, 0.2) is 36.5 Å². The van der Waals surface area contributed by atoms with Crippen LogP contribution in [0.3, 0.4) is 0 Å². The summed E-state index contributed by atoms with van der Waals surface area (Å²) in [5.41, 5.74) is 5.73. The molecule has 0 saturated carbocycles. The molecule has 1 unspecified atom stereocenters. The maximum atomic E-state index is 12.6. The predicted octanol–water partition coefficient (Wildman–Crippen LogP) is 10.8. The highest BCUT2D eigenvalue weighted by atomic mass is 16.2. The van der Waals surface area contributed by atoms with Crippen LogP contribution in [-0.4, -0.2) is 30.9 Å². The van der Waals surface area contributed by atoms with Gasteiger partial charge in [-0.25, -0.2) is 0 Å². The van der Waals surface area contributed by atoms with Gasteiger partial charge in [-0.05, 0) is 83.6 Å². The van der Waals surface area contributed by atoms with Gasteiger partial charge in [-0.15, -0.1) is 0 Å². The molecule has 0 aliphatic rings. The Balaban J connectivity index is 3.72. The van der Waals surface area contributed by atoms with Crippen molar-refractivity contribution in [1.29, 1.82) is 0 Å². The first-order valence-electron chi connectivity index (χ1n) is 19.4. The second kappa shape index (κ2) is 36.6. The van der Waals surface area contributed by atoms with E-state index in [1.165, 1.54) is 116 Å². The number of carbonyl (C=O) groups is 2. The van der Waals surface area contributed by atoms with Crippen molar-refractivity contribution in [3.8, 4) is 0 Å². The fourth-order valence-electron chi connectivity index (χ4n) is 5.51. The maximum absolute atomic E-state index is 12.6. The highest BCUT2D eigenvalue weighted by molar-refractivity contribution is 5.87. The third-order valence-corrected chi connectivity index (χ3v) is 8.45. The first-order chi connectivity index (χ1) is 22.2. The van der Waals surface area contributed by atoms with Gasteiger partial charge in [-0.3, -0.25) is 9.59 Å². The van der Waals surface area contributed by atoms with Crippen LogP contribution >= 0.6 is 0 Å². The van der Waals surface area contributed by atoms with Crippen molar-refractivity contribution in [2.75, 3.05) is 13.1 Å². The van der Waals surface area contributed by atoms with Gasteiger partial charge in [-0.2, -0.15) is 0 Å². The van der Waals surface area contributed by atoms with Gasteiger partial charge in [0.1, 0.15) is 6.04 Å². The lowest BCUT2D eigenvalue weighted by atomic mass is 10.1. The Kier molecular flexibility index (Phi) is 35.1. The zero-order chi connectivity index (χ0) is 32.9. The summed E-state index contributed by atoms with van der Waals surface area (Å²) >= 11 is 0. The van der Waals surface area contributed by atoms with Crippen LogP contribution in [0.4, 0.5) is 0 Å². The predicted molar refractivity (Wildman–Crippen MR) is 197 cm³/mol. The molecule has 0 aliphatic heterocycles. The maximum Gasteiger partial charge on any atom is 0.242 e. The van der Waals surface area contributed by atoms with Crippen LogP contribution in [0.1, 0.15) is 187 Å². The zero-order valence-corrected chi connectivity index (χ0v) is 29.9. The van der Waals surface area contributed by atoms with Gasteiger partial charge in [-0.1, -0.05) is 140 Å². The lowest BCUT2D eigenvalue weighted by Gasteiger charge is -2.18. The number of carbonyl (C=O) groups excluding carboxylic acids is 2. The molecule has 0 bridgehead atoms. The van der Waals surface area contributed by atoms with Gasteiger partial charge in [0, 0.05) is 13.0 Å².